The molecule has 7 heteroatoms. The van der Waals surface area contributed by atoms with Gasteiger partial charge in [0.25, 0.3) is 0 Å². The molecule has 0 aliphatic carbocycles. The molecule has 6 nitrogen and oxygen atoms in total. The molecular formula is C16H31N3O3S. The normalized spacial score (nSPS) is 23.6. The minimum Gasteiger partial charge on any atom is -0.354 e. The molecule has 0 unspecified atom stereocenters. The number of nitrogens with one attached hydrogen (secondary N) is 2. The summed E-state index contributed by atoms with van der Waals surface area (Å²) in [6.45, 7) is 7.25. The molecule has 0 bridgehead atoms. The number of amides is 1. The molecule has 0 aromatic heterocycles. The monoisotopic (exact) mass is 345 g/mol. The second-order valence-corrected chi connectivity index (χ2v) is 9.34. The van der Waals surface area contributed by atoms with Crippen LogP contribution in [0.1, 0.15) is 39.0 Å². The summed E-state index contributed by atoms with van der Waals surface area (Å²) in [4.78, 5) is 15.1. The van der Waals surface area contributed by atoms with Crippen molar-refractivity contribution in [1.82, 2.24) is 15.5 Å². The Kier molecular flexibility index (Phi) is 6.45. The van der Waals surface area contributed by atoms with Crippen molar-refractivity contribution in [3.8, 4) is 0 Å². The third-order valence-corrected chi connectivity index (χ3v) is 7.35. The number of carbonyl (C=O) groups excluding carboxylic acids is 1. The van der Waals surface area contributed by atoms with E-state index in [0.717, 1.165) is 32.5 Å². The number of hydrogen-bond donors (Lipinski definition) is 2. The van der Waals surface area contributed by atoms with Gasteiger partial charge in [0, 0.05) is 12.8 Å². The number of hydrogen-bond acceptors (Lipinski definition) is 5. The zero-order chi connectivity index (χ0) is 16.9. The first kappa shape index (κ1) is 18.7. The van der Waals surface area contributed by atoms with E-state index >= 15 is 0 Å². The Balaban J connectivity index is 1.88. The molecule has 1 amide bonds. The Bertz CT molecular complexity index is 493. The first-order valence-corrected chi connectivity index (χ1v) is 10.7. The SMILES string of the molecule is CCCN1CCC(CNC(=O)C2(S(C)(=O)=O)CCNCC2)CC1. The van der Waals surface area contributed by atoms with Crippen molar-refractivity contribution in [2.75, 3.05) is 45.5 Å². The van der Waals surface area contributed by atoms with Crippen molar-refractivity contribution >= 4 is 15.7 Å². The molecule has 2 heterocycles. The van der Waals surface area contributed by atoms with Gasteiger partial charge in [-0.05, 0) is 70.7 Å². The maximum Gasteiger partial charge on any atom is 0.241 e. The molecule has 0 radical (unpaired) electrons. The highest BCUT2D eigenvalue weighted by Crippen LogP contribution is 2.28. The zero-order valence-electron chi connectivity index (χ0n) is 14.4. The maximum atomic E-state index is 12.6. The van der Waals surface area contributed by atoms with Crippen molar-refractivity contribution in [3.05, 3.63) is 0 Å². The molecule has 0 saturated carbocycles. The summed E-state index contributed by atoms with van der Waals surface area (Å²) >= 11 is 0. The Labute approximate surface area is 140 Å². The molecule has 2 rings (SSSR count). The fraction of sp³-hybridized carbons (Fsp3) is 0.938. The van der Waals surface area contributed by atoms with Crippen LogP contribution in [0.2, 0.25) is 0 Å². The smallest absolute Gasteiger partial charge is 0.241 e. The minimum absolute atomic E-state index is 0.294. The standard InChI is InChI=1S/C16H31N3O3S/c1-3-10-19-11-4-14(5-12-19)13-18-15(20)16(23(2,21)22)6-8-17-9-7-16/h14,17H,3-13H2,1-2H3,(H,18,20). The maximum absolute atomic E-state index is 12.6. The van der Waals surface area contributed by atoms with Crippen molar-refractivity contribution < 1.29 is 13.2 Å². The number of likely N-dealkylation sites (tertiary alicyclic amines) is 1. The van der Waals surface area contributed by atoms with E-state index in [4.69, 9.17) is 0 Å². The highest BCUT2D eigenvalue weighted by Gasteiger charge is 2.48. The number of sulfone groups is 1. The summed E-state index contributed by atoms with van der Waals surface area (Å²) in [5.74, 6) is 0.169. The minimum atomic E-state index is -3.42. The Hall–Kier alpha value is -0.660. The van der Waals surface area contributed by atoms with Gasteiger partial charge >= 0.3 is 0 Å². The lowest BCUT2D eigenvalue weighted by Crippen LogP contribution is -2.58. The highest BCUT2D eigenvalue weighted by atomic mass is 32.2. The van der Waals surface area contributed by atoms with Crippen LogP contribution in [0.4, 0.5) is 0 Å². The molecule has 2 saturated heterocycles. The van der Waals surface area contributed by atoms with Crippen LogP contribution in [0.15, 0.2) is 0 Å². The van der Waals surface area contributed by atoms with Crippen LogP contribution < -0.4 is 10.6 Å². The summed E-state index contributed by atoms with van der Waals surface area (Å²) < 4.78 is 23.2. The van der Waals surface area contributed by atoms with E-state index in [9.17, 15) is 13.2 Å². The number of carbonyl (C=O) groups is 1. The quantitative estimate of drug-likeness (QED) is 0.728. The van der Waals surface area contributed by atoms with E-state index in [0.29, 0.717) is 38.4 Å². The molecule has 2 aliphatic heterocycles. The van der Waals surface area contributed by atoms with Crippen LogP contribution in [-0.2, 0) is 14.6 Å². The fourth-order valence-corrected chi connectivity index (χ4v) is 5.08. The van der Waals surface area contributed by atoms with Crippen LogP contribution in [0.25, 0.3) is 0 Å². The van der Waals surface area contributed by atoms with E-state index < -0.39 is 14.6 Å². The van der Waals surface area contributed by atoms with Crippen LogP contribution in [0, 0.1) is 5.92 Å². The molecule has 2 aliphatic rings. The van der Waals surface area contributed by atoms with Gasteiger partial charge < -0.3 is 15.5 Å². The molecule has 0 atom stereocenters. The van der Waals surface area contributed by atoms with Crippen LogP contribution >= 0.6 is 0 Å². The van der Waals surface area contributed by atoms with Gasteiger partial charge in [-0.3, -0.25) is 4.79 Å². The van der Waals surface area contributed by atoms with E-state index in [1.807, 2.05) is 0 Å². The Morgan fingerprint density at radius 3 is 2.39 bits per heavy atom. The van der Waals surface area contributed by atoms with E-state index in [1.54, 1.807) is 0 Å². The third-order valence-electron chi connectivity index (χ3n) is 5.33. The van der Waals surface area contributed by atoms with Crippen molar-refractivity contribution in [2.45, 2.75) is 43.8 Å². The molecule has 2 N–H and O–H groups in total. The van der Waals surface area contributed by atoms with Gasteiger partial charge in [0.1, 0.15) is 0 Å². The lowest BCUT2D eigenvalue weighted by molar-refractivity contribution is -0.124. The van der Waals surface area contributed by atoms with Gasteiger partial charge in [0.2, 0.25) is 5.91 Å². The fourth-order valence-electron chi connectivity index (χ4n) is 3.73. The van der Waals surface area contributed by atoms with Gasteiger partial charge in [0.15, 0.2) is 14.6 Å². The number of rotatable bonds is 6. The second kappa shape index (κ2) is 7.94. The van der Waals surface area contributed by atoms with E-state index in [1.165, 1.54) is 12.7 Å². The molecule has 134 valence electrons. The Morgan fingerprint density at radius 2 is 1.87 bits per heavy atom. The molecule has 0 spiro atoms. The molecule has 0 aromatic rings. The lowest BCUT2D eigenvalue weighted by Gasteiger charge is -2.36. The summed E-state index contributed by atoms with van der Waals surface area (Å²) in [5, 5.41) is 6.09. The molecular weight excluding hydrogens is 314 g/mol. The summed E-state index contributed by atoms with van der Waals surface area (Å²) in [5.41, 5.74) is 0. The predicted molar refractivity (Wildman–Crippen MR) is 92.1 cm³/mol. The van der Waals surface area contributed by atoms with E-state index in [-0.39, 0.29) is 5.91 Å². The second-order valence-electron chi connectivity index (χ2n) is 7.01. The molecule has 0 aromatic carbocycles. The highest BCUT2D eigenvalue weighted by molar-refractivity contribution is 7.92. The van der Waals surface area contributed by atoms with Crippen LogP contribution in [-0.4, -0.2) is 69.5 Å². The van der Waals surface area contributed by atoms with Crippen molar-refractivity contribution in [1.29, 1.82) is 0 Å². The first-order chi connectivity index (χ1) is 10.9. The van der Waals surface area contributed by atoms with Crippen LogP contribution in [0.3, 0.4) is 0 Å². The van der Waals surface area contributed by atoms with Gasteiger partial charge in [0.05, 0.1) is 0 Å². The van der Waals surface area contributed by atoms with E-state index in [2.05, 4.69) is 22.5 Å². The molecule has 2 fully saturated rings. The first-order valence-electron chi connectivity index (χ1n) is 8.80. The van der Waals surface area contributed by atoms with Crippen molar-refractivity contribution in [2.24, 2.45) is 5.92 Å². The third kappa shape index (κ3) is 4.45. The van der Waals surface area contributed by atoms with Crippen molar-refractivity contribution in [3.63, 3.8) is 0 Å². The largest absolute Gasteiger partial charge is 0.354 e. The van der Waals surface area contributed by atoms with Gasteiger partial charge in [-0.15, -0.1) is 0 Å². The molecule has 23 heavy (non-hydrogen) atoms. The average Bonchev–Trinajstić information content (AvgIpc) is 2.54. The van der Waals surface area contributed by atoms with Gasteiger partial charge in [-0.25, -0.2) is 8.42 Å². The lowest BCUT2D eigenvalue weighted by atomic mass is 9.94. The Morgan fingerprint density at radius 1 is 1.26 bits per heavy atom. The topological polar surface area (TPSA) is 78.5 Å². The summed E-state index contributed by atoms with van der Waals surface area (Å²) in [6.07, 6.45) is 5.26. The van der Waals surface area contributed by atoms with Gasteiger partial charge in [-0.2, -0.15) is 0 Å². The zero-order valence-corrected chi connectivity index (χ0v) is 15.3. The summed E-state index contributed by atoms with van der Waals surface area (Å²) in [6, 6.07) is 0. The average molecular weight is 346 g/mol. The predicted octanol–water partition coefficient (Wildman–Crippen LogP) is 0.391. The summed E-state index contributed by atoms with van der Waals surface area (Å²) in [7, 11) is -3.42. The number of piperidine rings is 2. The van der Waals surface area contributed by atoms with Crippen LogP contribution in [0.5, 0.6) is 0 Å². The van der Waals surface area contributed by atoms with Gasteiger partial charge in [-0.1, -0.05) is 6.92 Å². The number of nitrogens with zero attached hydrogens (tertiary/aromatic N) is 1.